The Morgan fingerprint density at radius 3 is 2.10 bits per heavy atom. The van der Waals surface area contributed by atoms with Crippen molar-refractivity contribution in [1.29, 1.82) is 0 Å². The van der Waals surface area contributed by atoms with E-state index in [0.717, 1.165) is 40.2 Å². The van der Waals surface area contributed by atoms with Crippen LogP contribution in [0.4, 0.5) is 0 Å². The summed E-state index contributed by atoms with van der Waals surface area (Å²) in [5, 5.41) is 0. The number of carbonyl (C=O) groups excluding carboxylic acids is 2. The van der Waals surface area contributed by atoms with Crippen LogP contribution in [0.5, 0.6) is 5.75 Å². The van der Waals surface area contributed by atoms with Crippen LogP contribution in [0.1, 0.15) is 84.3 Å². The molecule has 39 heavy (non-hydrogen) atoms. The molecule has 4 saturated carbocycles. The zero-order valence-corrected chi connectivity index (χ0v) is 24.0. The van der Waals surface area contributed by atoms with Crippen LogP contribution < -0.4 is 4.74 Å². The minimum absolute atomic E-state index is 0.116. The monoisotopic (exact) mass is 530 g/mol. The van der Waals surface area contributed by atoms with Gasteiger partial charge in [0.05, 0.1) is 6.61 Å². The predicted molar refractivity (Wildman–Crippen MR) is 153 cm³/mol. The molecule has 0 aliphatic heterocycles. The fourth-order valence-electron chi connectivity index (χ4n) is 7.45. The summed E-state index contributed by atoms with van der Waals surface area (Å²) in [4.78, 5) is 24.5. The third-order valence-corrected chi connectivity index (χ3v) is 8.57. The summed E-state index contributed by atoms with van der Waals surface area (Å²) in [6, 6.07) is 14.7. The van der Waals surface area contributed by atoms with Crippen LogP contribution >= 0.6 is 0 Å². The van der Waals surface area contributed by atoms with E-state index >= 15 is 0 Å². The van der Waals surface area contributed by atoms with Gasteiger partial charge in [0.25, 0.3) is 0 Å². The molecule has 0 spiro atoms. The van der Waals surface area contributed by atoms with Gasteiger partial charge < -0.3 is 14.2 Å². The molecule has 208 valence electrons. The summed E-state index contributed by atoms with van der Waals surface area (Å²) in [6.07, 6.45) is 10.3. The highest BCUT2D eigenvalue weighted by Gasteiger charge is 2.52. The molecule has 0 N–H and O–H groups in total. The first-order valence-electron chi connectivity index (χ1n) is 14.5. The van der Waals surface area contributed by atoms with Gasteiger partial charge >= 0.3 is 11.9 Å². The number of ether oxygens (including phenoxy) is 3. The average molecular weight is 531 g/mol. The van der Waals surface area contributed by atoms with E-state index in [0.29, 0.717) is 6.61 Å². The van der Waals surface area contributed by atoms with Crippen molar-refractivity contribution in [2.45, 2.75) is 90.3 Å². The third-order valence-electron chi connectivity index (χ3n) is 8.57. The molecule has 2 aromatic rings. The molecule has 1 unspecified atom stereocenters. The lowest BCUT2D eigenvalue weighted by Crippen LogP contribution is -2.48. The summed E-state index contributed by atoms with van der Waals surface area (Å²) in [5.41, 5.74) is 4.05. The molecule has 0 radical (unpaired) electrons. The highest BCUT2D eigenvalue weighted by molar-refractivity contribution is 5.87. The van der Waals surface area contributed by atoms with E-state index in [1.165, 1.54) is 50.2 Å². The molecule has 0 amide bonds. The first-order valence-corrected chi connectivity index (χ1v) is 14.5. The van der Waals surface area contributed by atoms with Crippen LogP contribution in [-0.4, -0.2) is 30.3 Å². The molecule has 1 atom stereocenters. The summed E-state index contributed by atoms with van der Waals surface area (Å²) < 4.78 is 16.9. The Balaban J connectivity index is 1.43. The maximum Gasteiger partial charge on any atom is 0.347 e. The summed E-state index contributed by atoms with van der Waals surface area (Å²) in [5.74, 6) is 2.54. The quantitative estimate of drug-likeness (QED) is 0.261. The first kappa shape index (κ1) is 27.5. The minimum Gasteiger partial charge on any atom is -0.479 e. The molecule has 6 rings (SSSR count). The maximum atomic E-state index is 12.4. The lowest BCUT2D eigenvalue weighted by molar-refractivity contribution is -0.150. The SMILES string of the molecule is CCOC(=O)C(C)Oc1ccc(-c2ccc(/C=C/C(=O)OC(C)(C)C)cc2)cc1C12CC3CC(CC(C3)C1)C2. The van der Waals surface area contributed by atoms with E-state index in [4.69, 9.17) is 14.2 Å². The lowest BCUT2D eigenvalue weighted by Gasteiger charge is -2.57. The molecule has 4 bridgehead atoms. The van der Waals surface area contributed by atoms with Crippen molar-refractivity contribution in [2.75, 3.05) is 6.61 Å². The highest BCUT2D eigenvalue weighted by Crippen LogP contribution is 2.62. The largest absolute Gasteiger partial charge is 0.479 e. The molecule has 4 aliphatic carbocycles. The molecule has 5 nitrogen and oxygen atoms in total. The van der Waals surface area contributed by atoms with E-state index in [9.17, 15) is 9.59 Å². The van der Waals surface area contributed by atoms with Crippen molar-refractivity contribution in [3.63, 3.8) is 0 Å². The van der Waals surface area contributed by atoms with Gasteiger partial charge in [0.15, 0.2) is 6.10 Å². The maximum absolute atomic E-state index is 12.4. The van der Waals surface area contributed by atoms with Crippen LogP contribution in [-0.2, 0) is 24.5 Å². The molecular formula is C34H42O5. The second kappa shape index (κ2) is 10.8. The predicted octanol–water partition coefficient (Wildman–Crippen LogP) is 7.51. The second-order valence-corrected chi connectivity index (χ2v) is 12.9. The molecule has 5 heteroatoms. The van der Waals surface area contributed by atoms with E-state index in [1.807, 2.05) is 39.8 Å². The Morgan fingerprint density at radius 2 is 1.54 bits per heavy atom. The number of carbonyl (C=O) groups is 2. The van der Waals surface area contributed by atoms with Crippen molar-refractivity contribution >= 4 is 18.0 Å². The molecule has 4 fully saturated rings. The Bertz CT molecular complexity index is 1200. The van der Waals surface area contributed by atoms with E-state index < -0.39 is 11.7 Å². The van der Waals surface area contributed by atoms with Gasteiger partial charge in [0, 0.05) is 11.6 Å². The van der Waals surface area contributed by atoms with E-state index in [2.05, 4.69) is 30.3 Å². The van der Waals surface area contributed by atoms with Crippen molar-refractivity contribution in [3.8, 4) is 16.9 Å². The van der Waals surface area contributed by atoms with Gasteiger partial charge in [-0.1, -0.05) is 30.3 Å². The number of benzene rings is 2. The van der Waals surface area contributed by atoms with Gasteiger partial charge in [-0.15, -0.1) is 0 Å². The Labute approximate surface area is 232 Å². The van der Waals surface area contributed by atoms with Gasteiger partial charge in [-0.3, -0.25) is 0 Å². The Kier molecular flexibility index (Phi) is 7.63. The van der Waals surface area contributed by atoms with Gasteiger partial charge in [-0.05, 0) is 131 Å². The average Bonchev–Trinajstić information content (AvgIpc) is 2.86. The standard InChI is InChI=1S/C34H42O5/c1-6-37-32(36)22(2)38-30-13-12-28(18-29(30)34-19-24-15-25(20-34)17-26(16-24)21-34)27-10-7-23(8-11-27)9-14-31(35)39-33(3,4)5/h7-14,18,22,24-26H,6,15-17,19-21H2,1-5H3/b14-9+. The minimum atomic E-state index is -0.653. The smallest absolute Gasteiger partial charge is 0.347 e. The summed E-state index contributed by atoms with van der Waals surface area (Å²) >= 11 is 0. The number of rotatable bonds is 8. The fraction of sp³-hybridized carbons (Fsp3) is 0.529. The van der Waals surface area contributed by atoms with Crippen molar-refractivity contribution in [2.24, 2.45) is 17.8 Å². The molecule has 0 aromatic heterocycles. The van der Waals surface area contributed by atoms with E-state index in [1.54, 1.807) is 13.0 Å². The molecule has 0 heterocycles. The van der Waals surface area contributed by atoms with Crippen LogP contribution in [0.2, 0.25) is 0 Å². The van der Waals surface area contributed by atoms with Gasteiger partial charge in [0.1, 0.15) is 11.4 Å². The van der Waals surface area contributed by atoms with E-state index in [-0.39, 0.29) is 17.4 Å². The number of hydrogen-bond donors (Lipinski definition) is 0. The van der Waals surface area contributed by atoms with Gasteiger partial charge in [-0.25, -0.2) is 9.59 Å². The van der Waals surface area contributed by atoms with Gasteiger partial charge in [0.2, 0.25) is 0 Å². The third kappa shape index (κ3) is 6.23. The molecular weight excluding hydrogens is 488 g/mol. The molecule has 4 aliphatic rings. The molecule has 2 aromatic carbocycles. The summed E-state index contributed by atoms with van der Waals surface area (Å²) in [7, 11) is 0. The summed E-state index contributed by atoms with van der Waals surface area (Å²) in [6.45, 7) is 9.52. The highest BCUT2D eigenvalue weighted by atomic mass is 16.6. The van der Waals surface area contributed by atoms with Crippen molar-refractivity contribution in [1.82, 2.24) is 0 Å². The number of hydrogen-bond acceptors (Lipinski definition) is 5. The number of esters is 2. The van der Waals surface area contributed by atoms with Crippen LogP contribution in [0, 0.1) is 17.8 Å². The fourth-order valence-corrected chi connectivity index (χ4v) is 7.45. The van der Waals surface area contributed by atoms with Crippen LogP contribution in [0.15, 0.2) is 48.5 Å². The molecule has 0 saturated heterocycles. The van der Waals surface area contributed by atoms with Gasteiger partial charge in [-0.2, -0.15) is 0 Å². The Hall–Kier alpha value is -3.08. The lowest BCUT2D eigenvalue weighted by atomic mass is 9.48. The first-order chi connectivity index (χ1) is 18.5. The Morgan fingerprint density at radius 1 is 0.949 bits per heavy atom. The zero-order valence-electron chi connectivity index (χ0n) is 24.0. The second-order valence-electron chi connectivity index (χ2n) is 12.9. The van der Waals surface area contributed by atoms with Crippen LogP contribution in [0.25, 0.3) is 17.2 Å². The zero-order chi connectivity index (χ0) is 27.8. The van der Waals surface area contributed by atoms with Crippen molar-refractivity contribution < 1.29 is 23.8 Å². The van der Waals surface area contributed by atoms with Crippen molar-refractivity contribution in [3.05, 3.63) is 59.7 Å². The van der Waals surface area contributed by atoms with Crippen LogP contribution in [0.3, 0.4) is 0 Å². The normalized spacial score (nSPS) is 26.4. The topological polar surface area (TPSA) is 61.8 Å².